The molecule has 1 saturated heterocycles. The van der Waals surface area contributed by atoms with E-state index in [1.165, 1.54) is 12.1 Å². The molecule has 1 atom stereocenters. The predicted molar refractivity (Wildman–Crippen MR) is 90.9 cm³/mol. The van der Waals surface area contributed by atoms with Gasteiger partial charge in [-0.25, -0.2) is 8.78 Å². The highest BCUT2D eigenvalue weighted by molar-refractivity contribution is 5.78. The van der Waals surface area contributed by atoms with E-state index in [9.17, 15) is 13.6 Å². The number of benzene rings is 2. The molecule has 0 aromatic heterocycles. The number of piperidine rings is 1. The van der Waals surface area contributed by atoms with E-state index < -0.39 is 11.6 Å². The molecule has 1 aliphatic heterocycles. The standard InChI is InChI=1S/C20H21F2NO2/c21-17-9-16(10-18(22)12-17)14-25-19-7-4-8-23(13-19)20(24)11-15-5-2-1-3-6-15/h1-3,5-6,9-10,12,19H,4,7-8,11,13-14H2/t19-/m0/s1. The third-order valence-corrected chi connectivity index (χ3v) is 4.34. The van der Waals surface area contributed by atoms with Crippen molar-refractivity contribution in [3.63, 3.8) is 0 Å². The summed E-state index contributed by atoms with van der Waals surface area (Å²) in [6, 6.07) is 13.0. The maximum atomic E-state index is 13.2. The van der Waals surface area contributed by atoms with Crippen molar-refractivity contribution < 1.29 is 18.3 Å². The fourth-order valence-electron chi connectivity index (χ4n) is 3.09. The largest absolute Gasteiger partial charge is 0.372 e. The van der Waals surface area contributed by atoms with E-state index in [0.29, 0.717) is 18.5 Å². The minimum absolute atomic E-state index is 0.0799. The monoisotopic (exact) mass is 345 g/mol. The molecule has 3 rings (SSSR count). The van der Waals surface area contributed by atoms with Gasteiger partial charge in [-0.3, -0.25) is 4.79 Å². The van der Waals surface area contributed by atoms with Crippen molar-refractivity contribution in [2.45, 2.75) is 32.0 Å². The fraction of sp³-hybridized carbons (Fsp3) is 0.350. The number of carbonyl (C=O) groups excluding carboxylic acids is 1. The second-order valence-electron chi connectivity index (χ2n) is 6.36. The van der Waals surface area contributed by atoms with Gasteiger partial charge >= 0.3 is 0 Å². The lowest BCUT2D eigenvalue weighted by Gasteiger charge is -2.33. The van der Waals surface area contributed by atoms with Crippen molar-refractivity contribution in [3.05, 3.63) is 71.3 Å². The first-order valence-corrected chi connectivity index (χ1v) is 8.48. The van der Waals surface area contributed by atoms with Crippen LogP contribution in [-0.2, 0) is 22.6 Å². The Balaban J connectivity index is 1.53. The summed E-state index contributed by atoms with van der Waals surface area (Å²) in [5.74, 6) is -1.14. The molecule has 132 valence electrons. The van der Waals surface area contributed by atoms with Crippen LogP contribution in [0.5, 0.6) is 0 Å². The smallest absolute Gasteiger partial charge is 0.227 e. The number of likely N-dealkylation sites (tertiary alicyclic amines) is 1. The molecule has 0 aliphatic carbocycles. The molecule has 0 unspecified atom stereocenters. The second kappa shape index (κ2) is 8.21. The van der Waals surface area contributed by atoms with E-state index in [0.717, 1.165) is 31.0 Å². The molecular weight excluding hydrogens is 324 g/mol. The van der Waals surface area contributed by atoms with Crippen LogP contribution in [0.25, 0.3) is 0 Å². The lowest BCUT2D eigenvalue weighted by Crippen LogP contribution is -2.43. The number of carbonyl (C=O) groups is 1. The van der Waals surface area contributed by atoms with E-state index in [1.807, 2.05) is 35.2 Å². The van der Waals surface area contributed by atoms with Gasteiger partial charge < -0.3 is 9.64 Å². The van der Waals surface area contributed by atoms with Gasteiger partial charge in [-0.1, -0.05) is 30.3 Å². The van der Waals surface area contributed by atoms with Crippen LogP contribution in [0.4, 0.5) is 8.78 Å². The minimum atomic E-state index is -0.609. The Morgan fingerprint density at radius 2 is 1.80 bits per heavy atom. The van der Waals surface area contributed by atoms with Crippen LogP contribution < -0.4 is 0 Å². The zero-order chi connectivity index (χ0) is 17.6. The minimum Gasteiger partial charge on any atom is -0.372 e. The Morgan fingerprint density at radius 3 is 2.52 bits per heavy atom. The van der Waals surface area contributed by atoms with Crippen LogP contribution in [0.1, 0.15) is 24.0 Å². The average molecular weight is 345 g/mol. The molecule has 2 aromatic carbocycles. The van der Waals surface area contributed by atoms with Gasteiger partial charge in [0.2, 0.25) is 5.91 Å². The van der Waals surface area contributed by atoms with Crippen LogP contribution in [-0.4, -0.2) is 30.0 Å². The number of rotatable bonds is 5. The molecule has 2 aromatic rings. The maximum absolute atomic E-state index is 13.2. The van der Waals surface area contributed by atoms with E-state index in [2.05, 4.69) is 0 Å². The van der Waals surface area contributed by atoms with Crippen LogP contribution in [0.3, 0.4) is 0 Å². The highest BCUT2D eigenvalue weighted by Gasteiger charge is 2.24. The lowest BCUT2D eigenvalue weighted by molar-refractivity contribution is -0.134. The van der Waals surface area contributed by atoms with E-state index in [4.69, 9.17) is 4.74 Å². The molecule has 0 radical (unpaired) electrons. The van der Waals surface area contributed by atoms with Crippen molar-refractivity contribution in [3.8, 4) is 0 Å². The first-order valence-electron chi connectivity index (χ1n) is 8.48. The SMILES string of the molecule is O=C(Cc1ccccc1)N1CCC[C@H](OCc2cc(F)cc(F)c2)C1. The summed E-state index contributed by atoms with van der Waals surface area (Å²) in [6.45, 7) is 1.38. The first-order chi connectivity index (χ1) is 12.1. The highest BCUT2D eigenvalue weighted by atomic mass is 19.1. The zero-order valence-electron chi connectivity index (χ0n) is 14.0. The van der Waals surface area contributed by atoms with E-state index in [1.54, 1.807) is 0 Å². The Kier molecular flexibility index (Phi) is 5.76. The molecule has 25 heavy (non-hydrogen) atoms. The summed E-state index contributed by atoms with van der Waals surface area (Å²) in [7, 11) is 0. The van der Waals surface area contributed by atoms with Gasteiger partial charge in [0.15, 0.2) is 0 Å². The molecule has 1 fully saturated rings. The van der Waals surface area contributed by atoms with E-state index >= 15 is 0 Å². The molecular formula is C20H21F2NO2. The van der Waals surface area contributed by atoms with Gasteiger partial charge in [-0.2, -0.15) is 0 Å². The van der Waals surface area contributed by atoms with Gasteiger partial charge in [-0.15, -0.1) is 0 Å². The van der Waals surface area contributed by atoms with Crippen molar-refractivity contribution in [2.75, 3.05) is 13.1 Å². The summed E-state index contributed by atoms with van der Waals surface area (Å²) in [4.78, 5) is 14.3. The summed E-state index contributed by atoms with van der Waals surface area (Å²) in [5.41, 5.74) is 1.45. The van der Waals surface area contributed by atoms with Crippen molar-refractivity contribution >= 4 is 5.91 Å². The maximum Gasteiger partial charge on any atom is 0.227 e. The number of halogens is 2. The molecule has 1 aliphatic rings. The summed E-state index contributed by atoms with van der Waals surface area (Å²) in [5, 5.41) is 0. The number of amides is 1. The quantitative estimate of drug-likeness (QED) is 0.827. The van der Waals surface area contributed by atoms with Crippen molar-refractivity contribution in [1.82, 2.24) is 4.90 Å². The Hall–Kier alpha value is -2.27. The van der Waals surface area contributed by atoms with E-state index in [-0.39, 0.29) is 18.6 Å². The fourth-order valence-corrected chi connectivity index (χ4v) is 3.09. The topological polar surface area (TPSA) is 29.5 Å². The average Bonchev–Trinajstić information content (AvgIpc) is 2.60. The van der Waals surface area contributed by atoms with Gasteiger partial charge in [0.25, 0.3) is 0 Å². The number of ether oxygens (including phenoxy) is 1. The van der Waals surface area contributed by atoms with Gasteiger partial charge in [0.05, 0.1) is 19.1 Å². The number of nitrogens with zero attached hydrogens (tertiary/aromatic N) is 1. The highest BCUT2D eigenvalue weighted by Crippen LogP contribution is 2.17. The third-order valence-electron chi connectivity index (χ3n) is 4.34. The normalized spacial score (nSPS) is 17.5. The summed E-state index contributed by atoms with van der Waals surface area (Å²) >= 11 is 0. The Morgan fingerprint density at radius 1 is 1.08 bits per heavy atom. The molecule has 0 spiro atoms. The molecule has 0 saturated carbocycles. The van der Waals surface area contributed by atoms with Crippen LogP contribution in [0.15, 0.2) is 48.5 Å². The van der Waals surface area contributed by atoms with Crippen LogP contribution >= 0.6 is 0 Å². The molecule has 1 heterocycles. The Bertz CT molecular complexity index is 701. The van der Waals surface area contributed by atoms with Gasteiger partial charge in [0.1, 0.15) is 11.6 Å². The molecule has 1 amide bonds. The second-order valence-corrected chi connectivity index (χ2v) is 6.36. The summed E-state index contributed by atoms with van der Waals surface area (Å²) < 4.78 is 32.2. The van der Waals surface area contributed by atoms with Crippen molar-refractivity contribution in [1.29, 1.82) is 0 Å². The summed E-state index contributed by atoms with van der Waals surface area (Å²) in [6.07, 6.45) is 1.97. The van der Waals surface area contributed by atoms with Gasteiger partial charge in [0, 0.05) is 19.2 Å². The predicted octanol–water partition coefficient (Wildman–Crippen LogP) is 3.72. The third kappa shape index (κ3) is 5.10. The van der Waals surface area contributed by atoms with Crippen LogP contribution in [0, 0.1) is 11.6 Å². The number of hydrogen-bond donors (Lipinski definition) is 0. The number of hydrogen-bond acceptors (Lipinski definition) is 2. The molecule has 3 nitrogen and oxygen atoms in total. The molecule has 5 heteroatoms. The van der Waals surface area contributed by atoms with Crippen LogP contribution in [0.2, 0.25) is 0 Å². The lowest BCUT2D eigenvalue weighted by atomic mass is 10.1. The zero-order valence-corrected chi connectivity index (χ0v) is 14.0. The first kappa shape index (κ1) is 17.5. The molecule has 0 bridgehead atoms. The Labute approximate surface area is 146 Å². The van der Waals surface area contributed by atoms with Gasteiger partial charge in [-0.05, 0) is 36.1 Å². The van der Waals surface area contributed by atoms with Crippen molar-refractivity contribution in [2.24, 2.45) is 0 Å². The molecule has 0 N–H and O–H groups in total.